The van der Waals surface area contributed by atoms with E-state index in [1.54, 1.807) is 36.4 Å². The summed E-state index contributed by atoms with van der Waals surface area (Å²) in [6.07, 6.45) is 0. The number of hydrogen-bond donors (Lipinski definition) is 2. The molecule has 0 radical (unpaired) electrons. The van der Waals surface area contributed by atoms with Crippen molar-refractivity contribution >= 4 is 34.7 Å². The largest absolute Gasteiger partial charge is 0.386 e. The van der Waals surface area contributed by atoms with Gasteiger partial charge in [-0.25, -0.2) is 4.99 Å². The topological polar surface area (TPSA) is 67.5 Å². The van der Waals surface area contributed by atoms with Crippen molar-refractivity contribution in [1.29, 1.82) is 0 Å². The molecule has 0 unspecified atom stereocenters. The summed E-state index contributed by atoms with van der Waals surface area (Å²) < 4.78 is 0. The molecule has 5 heteroatoms. The van der Waals surface area contributed by atoms with Crippen molar-refractivity contribution < 1.29 is 4.79 Å². The van der Waals surface area contributed by atoms with Crippen molar-refractivity contribution in [3.63, 3.8) is 0 Å². The van der Waals surface area contributed by atoms with Gasteiger partial charge in [-0.15, -0.1) is 11.6 Å². The molecular formula is C15H14ClN3O. The molecule has 2 aromatic rings. The molecule has 0 aromatic heterocycles. The molecule has 4 nitrogen and oxygen atoms in total. The highest BCUT2D eigenvalue weighted by molar-refractivity contribution is 6.28. The quantitative estimate of drug-likeness (QED) is 0.515. The fourth-order valence-electron chi connectivity index (χ4n) is 1.64. The van der Waals surface area contributed by atoms with Crippen LogP contribution in [0.2, 0.25) is 0 Å². The van der Waals surface area contributed by atoms with E-state index >= 15 is 0 Å². The van der Waals surface area contributed by atoms with Crippen LogP contribution in [0.4, 0.5) is 11.4 Å². The van der Waals surface area contributed by atoms with Crippen molar-refractivity contribution in [1.82, 2.24) is 0 Å². The maximum absolute atomic E-state index is 12.0. The van der Waals surface area contributed by atoms with E-state index in [0.29, 0.717) is 22.8 Å². The van der Waals surface area contributed by atoms with Gasteiger partial charge in [-0.05, 0) is 30.3 Å². The van der Waals surface area contributed by atoms with Crippen LogP contribution in [0.15, 0.2) is 59.6 Å². The van der Waals surface area contributed by atoms with E-state index in [2.05, 4.69) is 10.3 Å². The molecule has 20 heavy (non-hydrogen) atoms. The van der Waals surface area contributed by atoms with Gasteiger partial charge in [0.15, 0.2) is 0 Å². The van der Waals surface area contributed by atoms with Gasteiger partial charge < -0.3 is 11.1 Å². The second-order valence-corrected chi connectivity index (χ2v) is 4.37. The average Bonchev–Trinajstić information content (AvgIpc) is 2.48. The lowest BCUT2D eigenvalue weighted by molar-refractivity contribution is 0.102. The number of hydrogen-bond acceptors (Lipinski definition) is 2. The summed E-state index contributed by atoms with van der Waals surface area (Å²) in [5, 5.41) is 2.81. The lowest BCUT2D eigenvalue weighted by Crippen LogP contribution is -2.12. The second-order valence-electron chi connectivity index (χ2n) is 4.11. The highest BCUT2D eigenvalue weighted by Gasteiger charge is 2.05. The van der Waals surface area contributed by atoms with Crippen LogP contribution in [-0.2, 0) is 0 Å². The van der Waals surface area contributed by atoms with Gasteiger partial charge in [-0.1, -0.05) is 24.3 Å². The summed E-state index contributed by atoms with van der Waals surface area (Å²) in [6, 6.07) is 16.1. The number of rotatable bonds is 4. The Kier molecular flexibility index (Phi) is 4.74. The number of nitrogens with two attached hydrogens (primary N) is 1. The lowest BCUT2D eigenvalue weighted by atomic mass is 10.2. The number of nitrogens with zero attached hydrogens (tertiary/aromatic N) is 1. The smallest absolute Gasteiger partial charge is 0.255 e. The number of benzene rings is 2. The Morgan fingerprint density at radius 1 is 1.15 bits per heavy atom. The predicted octanol–water partition coefficient (Wildman–Crippen LogP) is 3.17. The van der Waals surface area contributed by atoms with E-state index in [1.807, 2.05) is 18.2 Å². The Labute approximate surface area is 122 Å². The van der Waals surface area contributed by atoms with E-state index < -0.39 is 0 Å². The molecule has 0 heterocycles. The van der Waals surface area contributed by atoms with Crippen molar-refractivity contribution in [2.75, 3.05) is 11.2 Å². The summed E-state index contributed by atoms with van der Waals surface area (Å²) >= 11 is 5.58. The van der Waals surface area contributed by atoms with Gasteiger partial charge in [0.05, 0.1) is 11.6 Å². The highest BCUT2D eigenvalue weighted by atomic mass is 35.5. The monoisotopic (exact) mass is 287 g/mol. The van der Waals surface area contributed by atoms with Gasteiger partial charge in [-0.3, -0.25) is 4.79 Å². The van der Waals surface area contributed by atoms with E-state index in [4.69, 9.17) is 17.3 Å². The van der Waals surface area contributed by atoms with Crippen molar-refractivity contribution in [3.8, 4) is 0 Å². The van der Waals surface area contributed by atoms with Crippen LogP contribution in [0.1, 0.15) is 10.4 Å². The Bertz CT molecular complexity index is 626. The number of carbonyl (C=O) groups is 1. The fourth-order valence-corrected chi connectivity index (χ4v) is 1.70. The van der Waals surface area contributed by atoms with Crippen LogP contribution in [0.5, 0.6) is 0 Å². The molecule has 0 aliphatic rings. The van der Waals surface area contributed by atoms with E-state index in [9.17, 15) is 4.79 Å². The molecule has 0 fully saturated rings. The summed E-state index contributed by atoms with van der Waals surface area (Å²) in [5.74, 6) is 0.330. The maximum atomic E-state index is 12.0. The molecule has 0 saturated carbocycles. The van der Waals surface area contributed by atoms with Gasteiger partial charge in [0.1, 0.15) is 5.84 Å². The van der Waals surface area contributed by atoms with Crippen LogP contribution < -0.4 is 11.1 Å². The number of alkyl halides is 1. The van der Waals surface area contributed by atoms with E-state index in [1.165, 1.54) is 0 Å². The third kappa shape index (κ3) is 3.83. The second kappa shape index (κ2) is 6.73. The Hall–Kier alpha value is -2.33. The molecule has 0 aliphatic carbocycles. The van der Waals surface area contributed by atoms with E-state index in [0.717, 1.165) is 0 Å². The zero-order valence-corrected chi connectivity index (χ0v) is 11.5. The fraction of sp³-hybridized carbons (Fsp3) is 0.0667. The molecular weight excluding hydrogens is 274 g/mol. The zero-order chi connectivity index (χ0) is 14.4. The molecule has 1 amide bonds. The molecule has 2 rings (SSSR count). The molecule has 102 valence electrons. The van der Waals surface area contributed by atoms with Crippen molar-refractivity contribution in [2.24, 2.45) is 10.7 Å². The average molecular weight is 288 g/mol. The van der Waals surface area contributed by atoms with Crippen LogP contribution in [-0.4, -0.2) is 17.6 Å². The molecule has 2 aromatic carbocycles. The first kappa shape index (κ1) is 14.1. The lowest BCUT2D eigenvalue weighted by Gasteiger charge is -2.06. The normalized spacial score (nSPS) is 11.2. The standard InChI is InChI=1S/C15H14ClN3O/c16-10-14(17)18-12-7-4-8-13(9-12)19-15(20)11-5-2-1-3-6-11/h1-9H,10H2,(H2,17,18)(H,19,20). The van der Waals surface area contributed by atoms with E-state index in [-0.39, 0.29) is 11.8 Å². The van der Waals surface area contributed by atoms with Crippen LogP contribution >= 0.6 is 11.6 Å². The summed E-state index contributed by atoms with van der Waals surface area (Å²) in [7, 11) is 0. The minimum Gasteiger partial charge on any atom is -0.386 e. The zero-order valence-electron chi connectivity index (χ0n) is 10.7. The predicted molar refractivity (Wildman–Crippen MR) is 82.8 cm³/mol. The van der Waals surface area contributed by atoms with Crippen molar-refractivity contribution in [2.45, 2.75) is 0 Å². The van der Waals surface area contributed by atoms with Gasteiger partial charge in [-0.2, -0.15) is 0 Å². The number of halogens is 1. The van der Waals surface area contributed by atoms with Gasteiger partial charge in [0.25, 0.3) is 5.91 Å². The molecule has 0 spiro atoms. The third-order valence-corrected chi connectivity index (χ3v) is 2.82. The number of amides is 1. The summed E-state index contributed by atoms with van der Waals surface area (Å²) in [6.45, 7) is 0. The molecule has 0 saturated heterocycles. The molecule has 3 N–H and O–H groups in total. The number of carbonyl (C=O) groups excluding carboxylic acids is 1. The van der Waals surface area contributed by atoms with Gasteiger partial charge >= 0.3 is 0 Å². The first-order valence-electron chi connectivity index (χ1n) is 6.04. The first-order valence-corrected chi connectivity index (χ1v) is 6.58. The molecule has 0 aliphatic heterocycles. The summed E-state index contributed by atoms with van der Waals surface area (Å²) in [4.78, 5) is 16.1. The minimum atomic E-state index is -0.169. The Balaban J connectivity index is 2.14. The highest BCUT2D eigenvalue weighted by Crippen LogP contribution is 2.18. The number of nitrogens with one attached hydrogen (secondary N) is 1. The minimum absolute atomic E-state index is 0.167. The van der Waals surface area contributed by atoms with Crippen LogP contribution in [0, 0.1) is 0 Å². The maximum Gasteiger partial charge on any atom is 0.255 e. The number of amidine groups is 1. The number of aliphatic imine (C=N–C) groups is 1. The first-order chi connectivity index (χ1) is 9.69. The van der Waals surface area contributed by atoms with Gasteiger partial charge in [0, 0.05) is 11.3 Å². The van der Waals surface area contributed by atoms with Crippen molar-refractivity contribution in [3.05, 3.63) is 60.2 Å². The third-order valence-electron chi connectivity index (χ3n) is 2.55. The SMILES string of the molecule is NC(CCl)=Nc1cccc(NC(=O)c2ccccc2)c1. The number of anilines is 1. The van der Waals surface area contributed by atoms with Crippen LogP contribution in [0.25, 0.3) is 0 Å². The van der Waals surface area contributed by atoms with Crippen LogP contribution in [0.3, 0.4) is 0 Å². The molecule has 0 atom stereocenters. The Morgan fingerprint density at radius 3 is 2.60 bits per heavy atom. The summed E-state index contributed by atoms with van der Waals surface area (Å²) in [5.41, 5.74) is 7.48. The van der Waals surface area contributed by atoms with Gasteiger partial charge in [0.2, 0.25) is 0 Å². The Morgan fingerprint density at radius 2 is 1.90 bits per heavy atom. The molecule has 0 bridgehead atoms.